The van der Waals surface area contributed by atoms with Crippen LogP contribution >= 0.6 is 0 Å². The van der Waals surface area contributed by atoms with Crippen molar-refractivity contribution in [3.05, 3.63) is 71.2 Å². The van der Waals surface area contributed by atoms with E-state index in [0.29, 0.717) is 10.9 Å². The van der Waals surface area contributed by atoms with Crippen LogP contribution < -0.4 is 16.4 Å². The Hall–Kier alpha value is -3.56. The number of hydrogen-bond donors (Lipinski definition) is 4. The van der Waals surface area contributed by atoms with E-state index in [9.17, 15) is 18.8 Å². The molecule has 0 unspecified atom stereocenters. The van der Waals surface area contributed by atoms with Gasteiger partial charge in [-0.05, 0) is 81.6 Å². The van der Waals surface area contributed by atoms with Crippen LogP contribution in [0, 0.1) is 11.7 Å². The molecule has 1 aliphatic heterocycles. The van der Waals surface area contributed by atoms with Crippen molar-refractivity contribution >= 4 is 28.6 Å². The van der Waals surface area contributed by atoms with Gasteiger partial charge in [0, 0.05) is 40.8 Å². The third kappa shape index (κ3) is 5.53. The maximum atomic E-state index is 14.9. The smallest absolute Gasteiger partial charge is 0.306 e. The number of amides is 1. The van der Waals surface area contributed by atoms with Crippen LogP contribution in [0.2, 0.25) is 0 Å². The van der Waals surface area contributed by atoms with Gasteiger partial charge in [0.1, 0.15) is 5.82 Å². The van der Waals surface area contributed by atoms with E-state index >= 15 is 0 Å². The second-order valence-corrected chi connectivity index (χ2v) is 11.9. The molecule has 9 heteroatoms. The molecule has 41 heavy (non-hydrogen) atoms. The lowest BCUT2D eigenvalue weighted by atomic mass is 9.64. The number of Topliss-reactive ketones (excluding diaryl/α,β-unsaturated/α-hetero) is 1. The summed E-state index contributed by atoms with van der Waals surface area (Å²) in [6.07, 6.45) is 3.42. The number of ketones is 1. The minimum Gasteiger partial charge on any atom is -0.466 e. The second-order valence-electron chi connectivity index (χ2n) is 11.9. The molecule has 2 heterocycles. The summed E-state index contributed by atoms with van der Waals surface area (Å²) in [5, 5.41) is 7.01. The Morgan fingerprint density at radius 3 is 2.61 bits per heavy atom. The molecule has 8 nitrogen and oxygen atoms in total. The van der Waals surface area contributed by atoms with Gasteiger partial charge in [-0.15, -0.1) is 0 Å². The van der Waals surface area contributed by atoms with Gasteiger partial charge in [-0.1, -0.05) is 24.3 Å². The second kappa shape index (κ2) is 11.4. The monoisotopic (exact) mass is 562 g/mol. The number of carbonyl (C=O) groups excluding carboxylic acids is 3. The van der Waals surface area contributed by atoms with Crippen LogP contribution in [-0.4, -0.2) is 53.9 Å². The summed E-state index contributed by atoms with van der Waals surface area (Å²) in [5.41, 5.74) is 7.96. The summed E-state index contributed by atoms with van der Waals surface area (Å²) in [6.45, 7) is 6.67. The number of hydrogen-bond acceptors (Lipinski definition) is 6. The highest BCUT2D eigenvalue weighted by Crippen LogP contribution is 2.57. The SMILES string of the molecule is CCOC(=O)C[C@H]1c2ccccc2C2(CCNCC2)[C@@H]1C(=O)[C@@H](Cc1c[nH]c2ccc(F)cc12)NC(=O)C(C)(C)N. The number of carbonyl (C=O) groups is 3. The van der Waals surface area contributed by atoms with Crippen molar-refractivity contribution in [2.45, 2.75) is 69.4 Å². The molecule has 0 bridgehead atoms. The Labute approximate surface area is 239 Å². The Morgan fingerprint density at radius 2 is 1.90 bits per heavy atom. The minimum atomic E-state index is -1.22. The van der Waals surface area contributed by atoms with Crippen molar-refractivity contribution in [1.82, 2.24) is 15.6 Å². The number of rotatable bonds is 9. The lowest BCUT2D eigenvalue weighted by Gasteiger charge is -2.42. The van der Waals surface area contributed by atoms with Gasteiger partial charge in [0.05, 0.1) is 24.6 Å². The van der Waals surface area contributed by atoms with E-state index in [0.717, 1.165) is 42.6 Å². The molecule has 1 amide bonds. The van der Waals surface area contributed by atoms with Crippen LogP contribution in [0.3, 0.4) is 0 Å². The van der Waals surface area contributed by atoms with E-state index in [2.05, 4.69) is 21.7 Å². The standard InChI is InChI=1S/C32H39FN4O4/c1-4-41-27(38)17-23-21-7-5-6-8-24(21)32(11-13-35-14-12-32)28(23)29(39)26(37-30(40)31(2,3)34)15-19-18-36-25-10-9-20(33)16-22(19)25/h5-10,16,18,23,26,28,35-36H,4,11-15,17,34H2,1-3H3,(H,37,40)/t23-,26+,28-/m0/s1. The fraction of sp³-hybridized carbons (Fsp3) is 0.469. The first-order valence-electron chi connectivity index (χ1n) is 14.4. The van der Waals surface area contributed by atoms with E-state index in [4.69, 9.17) is 10.5 Å². The number of piperidine rings is 1. The molecule has 3 atom stereocenters. The minimum absolute atomic E-state index is 0.0672. The first-order valence-corrected chi connectivity index (χ1v) is 14.4. The van der Waals surface area contributed by atoms with Crippen molar-refractivity contribution in [2.75, 3.05) is 19.7 Å². The highest BCUT2D eigenvalue weighted by molar-refractivity contribution is 5.96. The molecule has 5 rings (SSSR count). The van der Waals surface area contributed by atoms with Gasteiger partial charge in [-0.25, -0.2) is 4.39 Å². The molecule has 0 saturated carbocycles. The summed E-state index contributed by atoms with van der Waals surface area (Å²) < 4.78 is 19.6. The molecule has 5 N–H and O–H groups in total. The molecule has 3 aromatic rings. The quantitative estimate of drug-likeness (QED) is 0.295. The maximum Gasteiger partial charge on any atom is 0.306 e. The molecule has 1 saturated heterocycles. The summed E-state index contributed by atoms with van der Waals surface area (Å²) in [4.78, 5) is 44.2. The normalized spacial score (nSPS) is 20.5. The molecule has 1 fully saturated rings. The molecular weight excluding hydrogens is 523 g/mol. The van der Waals surface area contributed by atoms with Crippen molar-refractivity contribution in [3.63, 3.8) is 0 Å². The number of H-pyrrole nitrogens is 1. The Bertz CT molecular complexity index is 1450. The fourth-order valence-corrected chi connectivity index (χ4v) is 6.88. The number of aromatic nitrogens is 1. The van der Waals surface area contributed by atoms with Gasteiger partial charge in [0.25, 0.3) is 0 Å². The zero-order valence-corrected chi connectivity index (χ0v) is 23.9. The lowest BCUT2D eigenvalue weighted by Crippen LogP contribution is -2.57. The average Bonchev–Trinajstić information content (AvgIpc) is 3.44. The number of ether oxygens (including phenoxy) is 1. The predicted octanol–water partition coefficient (Wildman–Crippen LogP) is 3.63. The van der Waals surface area contributed by atoms with Crippen LogP contribution in [0.4, 0.5) is 4.39 Å². The van der Waals surface area contributed by atoms with Crippen LogP contribution in [0.25, 0.3) is 10.9 Å². The third-order valence-corrected chi connectivity index (χ3v) is 8.78. The number of fused-ring (bicyclic) bond motifs is 3. The van der Waals surface area contributed by atoms with E-state index in [-0.39, 0.29) is 37.0 Å². The number of nitrogens with one attached hydrogen (secondary N) is 3. The summed E-state index contributed by atoms with van der Waals surface area (Å²) >= 11 is 0. The molecular formula is C32H39FN4O4. The Kier molecular flexibility index (Phi) is 8.03. The van der Waals surface area contributed by atoms with E-state index in [1.807, 2.05) is 18.2 Å². The molecule has 1 aliphatic carbocycles. The number of aromatic amines is 1. The molecule has 1 spiro atoms. The van der Waals surface area contributed by atoms with Crippen LogP contribution in [-0.2, 0) is 31.0 Å². The Morgan fingerprint density at radius 1 is 1.17 bits per heavy atom. The largest absolute Gasteiger partial charge is 0.466 e. The van der Waals surface area contributed by atoms with Crippen LogP contribution in [0.15, 0.2) is 48.7 Å². The van der Waals surface area contributed by atoms with Gasteiger partial charge in [0.15, 0.2) is 5.78 Å². The van der Waals surface area contributed by atoms with Gasteiger partial charge >= 0.3 is 5.97 Å². The summed E-state index contributed by atoms with van der Waals surface area (Å²) in [7, 11) is 0. The Balaban J connectivity index is 1.60. The third-order valence-electron chi connectivity index (χ3n) is 8.78. The average molecular weight is 563 g/mol. The number of benzene rings is 2. The van der Waals surface area contributed by atoms with Crippen molar-refractivity contribution in [3.8, 4) is 0 Å². The summed E-state index contributed by atoms with van der Waals surface area (Å²) in [6, 6.07) is 11.5. The van der Waals surface area contributed by atoms with Gasteiger partial charge in [-0.3, -0.25) is 14.4 Å². The number of halogens is 1. The van der Waals surface area contributed by atoms with Gasteiger partial charge in [0.2, 0.25) is 5.91 Å². The van der Waals surface area contributed by atoms with E-state index < -0.39 is 34.7 Å². The fourth-order valence-electron chi connectivity index (χ4n) is 6.88. The molecule has 0 radical (unpaired) electrons. The molecule has 1 aromatic heterocycles. The van der Waals surface area contributed by atoms with Crippen molar-refractivity contribution in [2.24, 2.45) is 11.7 Å². The van der Waals surface area contributed by atoms with Crippen molar-refractivity contribution in [1.29, 1.82) is 0 Å². The van der Waals surface area contributed by atoms with E-state index in [1.165, 1.54) is 12.1 Å². The molecule has 2 aliphatic rings. The van der Waals surface area contributed by atoms with Crippen molar-refractivity contribution < 1.29 is 23.5 Å². The van der Waals surface area contributed by atoms with Crippen LogP contribution in [0.5, 0.6) is 0 Å². The predicted molar refractivity (Wildman–Crippen MR) is 155 cm³/mol. The topological polar surface area (TPSA) is 126 Å². The highest BCUT2D eigenvalue weighted by atomic mass is 19.1. The van der Waals surface area contributed by atoms with Gasteiger partial charge < -0.3 is 26.1 Å². The summed E-state index contributed by atoms with van der Waals surface area (Å²) in [5.74, 6) is -2.32. The van der Waals surface area contributed by atoms with Crippen LogP contribution in [0.1, 0.15) is 62.6 Å². The zero-order valence-electron chi connectivity index (χ0n) is 23.9. The lowest BCUT2D eigenvalue weighted by molar-refractivity contribution is -0.144. The molecule has 218 valence electrons. The van der Waals surface area contributed by atoms with Gasteiger partial charge in [-0.2, -0.15) is 0 Å². The highest BCUT2D eigenvalue weighted by Gasteiger charge is 2.56. The maximum absolute atomic E-state index is 14.9. The number of esters is 1. The molecule has 2 aromatic carbocycles. The zero-order chi connectivity index (χ0) is 29.4. The first kappa shape index (κ1) is 29.0. The van der Waals surface area contributed by atoms with E-state index in [1.54, 1.807) is 33.0 Å². The first-order chi connectivity index (χ1) is 19.5. The number of nitrogens with two attached hydrogens (primary N) is 1.